The maximum Gasteiger partial charge on any atom is 0.340 e. The van der Waals surface area contributed by atoms with Crippen LogP contribution in [0.25, 0.3) is 10.9 Å². The zero-order valence-corrected chi connectivity index (χ0v) is 20.6. The highest BCUT2D eigenvalue weighted by Gasteiger charge is 2.23. The molecule has 0 amide bonds. The Hall–Kier alpha value is -2.91. The van der Waals surface area contributed by atoms with Gasteiger partial charge in [-0.15, -0.1) is 11.8 Å². The van der Waals surface area contributed by atoms with Crippen molar-refractivity contribution < 1.29 is 28.2 Å². The van der Waals surface area contributed by atoms with Crippen molar-refractivity contribution in [3.8, 4) is 11.5 Å². The van der Waals surface area contributed by atoms with Gasteiger partial charge >= 0.3 is 5.97 Å². The van der Waals surface area contributed by atoms with Gasteiger partial charge in [-0.25, -0.2) is 13.6 Å². The SMILES string of the molecule is CCOC(=O)c1cc2c(CN3CCCCC3)c(O)c(OC)cc2nc1CSc1ccc(F)c(F)c1. The first-order valence-corrected chi connectivity index (χ1v) is 12.6. The molecule has 2 aromatic carbocycles. The van der Waals surface area contributed by atoms with Gasteiger partial charge in [-0.1, -0.05) is 6.42 Å². The molecule has 2 heterocycles. The van der Waals surface area contributed by atoms with Crippen LogP contribution in [0.2, 0.25) is 0 Å². The van der Waals surface area contributed by atoms with Crippen LogP contribution in [0.3, 0.4) is 0 Å². The van der Waals surface area contributed by atoms with Gasteiger partial charge in [-0.2, -0.15) is 0 Å². The van der Waals surface area contributed by atoms with Crippen molar-refractivity contribution in [1.82, 2.24) is 9.88 Å². The molecule has 186 valence electrons. The van der Waals surface area contributed by atoms with E-state index < -0.39 is 17.6 Å². The molecule has 0 unspecified atom stereocenters. The first-order chi connectivity index (χ1) is 16.9. The number of phenols is 1. The Kier molecular flexibility index (Phi) is 8.07. The number of pyridine rings is 1. The number of benzene rings is 2. The van der Waals surface area contributed by atoms with E-state index in [1.54, 1.807) is 19.1 Å². The molecule has 3 aromatic rings. The second kappa shape index (κ2) is 11.2. The summed E-state index contributed by atoms with van der Waals surface area (Å²) >= 11 is 1.23. The summed E-state index contributed by atoms with van der Waals surface area (Å²) in [6, 6.07) is 7.01. The van der Waals surface area contributed by atoms with Crippen LogP contribution in [0.4, 0.5) is 8.78 Å². The molecule has 1 aliphatic heterocycles. The fraction of sp³-hybridized carbons (Fsp3) is 0.385. The maximum absolute atomic E-state index is 13.7. The quantitative estimate of drug-likeness (QED) is 0.314. The number of phenolic OH excluding ortho intramolecular Hbond substituents is 1. The molecular weight excluding hydrogens is 474 g/mol. The van der Waals surface area contributed by atoms with Crippen LogP contribution in [-0.2, 0) is 17.0 Å². The number of hydrogen-bond donors (Lipinski definition) is 1. The van der Waals surface area contributed by atoms with Gasteiger partial charge in [-0.3, -0.25) is 9.88 Å². The van der Waals surface area contributed by atoms with Crippen LogP contribution in [0.5, 0.6) is 11.5 Å². The summed E-state index contributed by atoms with van der Waals surface area (Å²) in [5.74, 6) is -1.80. The van der Waals surface area contributed by atoms with Gasteiger partial charge in [0.2, 0.25) is 0 Å². The molecule has 9 heteroatoms. The fourth-order valence-electron chi connectivity index (χ4n) is 4.26. The minimum Gasteiger partial charge on any atom is -0.504 e. The number of hydrogen-bond acceptors (Lipinski definition) is 7. The first-order valence-electron chi connectivity index (χ1n) is 11.6. The van der Waals surface area contributed by atoms with E-state index in [2.05, 4.69) is 4.90 Å². The predicted molar refractivity (Wildman–Crippen MR) is 131 cm³/mol. The molecule has 0 bridgehead atoms. The average molecular weight is 503 g/mol. The zero-order chi connectivity index (χ0) is 24.9. The van der Waals surface area contributed by atoms with Gasteiger partial charge in [0.1, 0.15) is 0 Å². The summed E-state index contributed by atoms with van der Waals surface area (Å²) < 4.78 is 37.7. The van der Waals surface area contributed by atoms with Crippen LogP contribution in [0, 0.1) is 11.6 Å². The van der Waals surface area contributed by atoms with E-state index >= 15 is 0 Å². The number of ether oxygens (including phenoxy) is 2. The summed E-state index contributed by atoms with van der Waals surface area (Å²) in [5.41, 5.74) is 1.95. The number of thioether (sulfide) groups is 1. The number of halogens is 2. The molecule has 0 atom stereocenters. The second-order valence-electron chi connectivity index (χ2n) is 8.38. The van der Waals surface area contributed by atoms with E-state index in [-0.39, 0.29) is 23.7 Å². The Balaban J connectivity index is 1.77. The zero-order valence-electron chi connectivity index (χ0n) is 19.8. The van der Waals surface area contributed by atoms with Crippen molar-refractivity contribution in [3.63, 3.8) is 0 Å². The number of nitrogens with zero attached hydrogens (tertiary/aromatic N) is 2. The molecule has 1 fully saturated rings. The van der Waals surface area contributed by atoms with Gasteiger partial charge < -0.3 is 14.6 Å². The second-order valence-corrected chi connectivity index (χ2v) is 9.43. The number of carbonyl (C=O) groups is 1. The van der Waals surface area contributed by atoms with Gasteiger partial charge in [0.05, 0.1) is 30.5 Å². The number of likely N-dealkylation sites (tertiary alicyclic amines) is 1. The predicted octanol–water partition coefficient (Wildman–Crippen LogP) is 5.68. The monoisotopic (exact) mass is 502 g/mol. The molecule has 0 radical (unpaired) electrons. The van der Waals surface area contributed by atoms with E-state index in [4.69, 9.17) is 14.5 Å². The molecule has 0 saturated carbocycles. The number of carbonyl (C=O) groups excluding carboxylic acids is 1. The minimum atomic E-state index is -0.936. The summed E-state index contributed by atoms with van der Waals surface area (Å²) in [5, 5.41) is 11.6. The summed E-state index contributed by atoms with van der Waals surface area (Å²) in [4.78, 5) is 20.4. The lowest BCUT2D eigenvalue weighted by molar-refractivity contribution is 0.0525. The fourth-order valence-corrected chi connectivity index (χ4v) is 5.13. The number of esters is 1. The Morgan fingerprint density at radius 3 is 2.60 bits per heavy atom. The van der Waals surface area contributed by atoms with Crippen molar-refractivity contribution >= 4 is 28.6 Å². The van der Waals surface area contributed by atoms with Crippen molar-refractivity contribution in [2.45, 2.75) is 43.4 Å². The lowest BCUT2D eigenvalue weighted by atomic mass is 10.0. The van der Waals surface area contributed by atoms with Crippen molar-refractivity contribution in [2.75, 3.05) is 26.8 Å². The number of piperidine rings is 1. The third kappa shape index (κ3) is 5.67. The van der Waals surface area contributed by atoms with Gasteiger partial charge in [0, 0.05) is 34.2 Å². The third-order valence-electron chi connectivity index (χ3n) is 6.06. The van der Waals surface area contributed by atoms with Crippen LogP contribution in [0.1, 0.15) is 47.8 Å². The van der Waals surface area contributed by atoms with Crippen LogP contribution in [-0.4, -0.2) is 47.8 Å². The summed E-state index contributed by atoms with van der Waals surface area (Å²) in [7, 11) is 1.48. The van der Waals surface area contributed by atoms with E-state index in [0.717, 1.165) is 38.1 Å². The highest BCUT2D eigenvalue weighted by Crippen LogP contribution is 2.38. The number of aromatic nitrogens is 1. The molecule has 0 spiro atoms. The molecule has 1 N–H and O–H groups in total. The largest absolute Gasteiger partial charge is 0.504 e. The number of methoxy groups -OCH3 is 1. The van der Waals surface area contributed by atoms with E-state index in [0.29, 0.717) is 39.4 Å². The molecule has 6 nitrogen and oxygen atoms in total. The topological polar surface area (TPSA) is 71.9 Å². The van der Waals surface area contributed by atoms with Gasteiger partial charge in [0.15, 0.2) is 23.1 Å². The summed E-state index contributed by atoms with van der Waals surface area (Å²) in [6.07, 6.45) is 3.38. The lowest BCUT2D eigenvalue weighted by Gasteiger charge is -2.27. The van der Waals surface area contributed by atoms with E-state index in [9.17, 15) is 18.7 Å². The Bertz CT molecular complexity index is 1230. The Labute approximate surface area is 207 Å². The van der Waals surface area contributed by atoms with Crippen molar-refractivity contribution in [3.05, 3.63) is 58.8 Å². The Morgan fingerprint density at radius 2 is 1.91 bits per heavy atom. The third-order valence-corrected chi connectivity index (χ3v) is 7.06. The first kappa shape index (κ1) is 25.2. The van der Waals surface area contributed by atoms with Crippen molar-refractivity contribution in [2.24, 2.45) is 0 Å². The standard InChI is InChI=1S/C26H28F2N2O4S/c1-3-34-26(32)18-12-17-19(14-30-9-5-4-6-10-30)25(31)24(33-2)13-22(17)29-23(18)15-35-16-7-8-20(27)21(28)11-16/h7-8,11-13,31H,3-6,9-10,14-15H2,1-2H3. The number of aromatic hydroxyl groups is 1. The molecule has 0 aliphatic carbocycles. The normalized spacial score (nSPS) is 14.3. The van der Waals surface area contributed by atoms with Gasteiger partial charge in [0.25, 0.3) is 0 Å². The van der Waals surface area contributed by atoms with Crippen LogP contribution >= 0.6 is 11.8 Å². The van der Waals surface area contributed by atoms with Crippen LogP contribution in [0.15, 0.2) is 35.2 Å². The smallest absolute Gasteiger partial charge is 0.340 e. The van der Waals surface area contributed by atoms with E-state index in [1.165, 1.54) is 31.4 Å². The summed E-state index contributed by atoms with van der Waals surface area (Å²) in [6.45, 7) is 4.28. The highest BCUT2D eigenvalue weighted by atomic mass is 32.2. The number of fused-ring (bicyclic) bond motifs is 1. The highest BCUT2D eigenvalue weighted by molar-refractivity contribution is 7.98. The number of rotatable bonds is 8. The average Bonchev–Trinajstić information content (AvgIpc) is 2.86. The van der Waals surface area contributed by atoms with Crippen LogP contribution < -0.4 is 4.74 Å². The lowest BCUT2D eigenvalue weighted by Crippen LogP contribution is -2.29. The molecule has 1 saturated heterocycles. The maximum atomic E-state index is 13.7. The molecule has 4 rings (SSSR count). The Morgan fingerprint density at radius 1 is 1.14 bits per heavy atom. The van der Waals surface area contributed by atoms with Gasteiger partial charge in [-0.05, 0) is 57.1 Å². The molecule has 1 aliphatic rings. The molecule has 35 heavy (non-hydrogen) atoms. The minimum absolute atomic E-state index is 0.0334. The molecular formula is C26H28F2N2O4S. The molecule has 1 aromatic heterocycles. The van der Waals surface area contributed by atoms with E-state index in [1.807, 2.05) is 0 Å². The van der Waals surface area contributed by atoms with Crippen molar-refractivity contribution in [1.29, 1.82) is 0 Å².